The zero-order valence-electron chi connectivity index (χ0n) is 12.5. The molecule has 1 atom stereocenters. The second-order valence-electron chi connectivity index (χ2n) is 5.91. The van der Waals surface area contributed by atoms with Gasteiger partial charge in [0.05, 0.1) is 6.54 Å². The van der Waals surface area contributed by atoms with Gasteiger partial charge in [0.25, 0.3) is 0 Å². The van der Waals surface area contributed by atoms with Crippen LogP contribution in [0.3, 0.4) is 0 Å². The van der Waals surface area contributed by atoms with Crippen molar-refractivity contribution < 1.29 is 24.3 Å². The van der Waals surface area contributed by atoms with Crippen LogP contribution in [-0.2, 0) is 19.2 Å². The Morgan fingerprint density at radius 2 is 1.55 bits per heavy atom. The van der Waals surface area contributed by atoms with Gasteiger partial charge in [-0.25, -0.2) is 4.79 Å². The zero-order chi connectivity index (χ0) is 16.3. The minimum Gasteiger partial charge on any atom is -0.479 e. The van der Waals surface area contributed by atoms with Crippen molar-refractivity contribution in [3.8, 4) is 0 Å². The summed E-state index contributed by atoms with van der Waals surface area (Å²) in [4.78, 5) is 47.7. The first kappa shape index (κ1) is 18.2. The number of ketones is 1. The standard InChI is InChI=1S/C13H22N2O5/c1-8(16)13(11(19)20,7-12(3,4)5)15(9(2)17)10(18)6-14/h6-7,14H2,1-5H3,(H,19,20). The summed E-state index contributed by atoms with van der Waals surface area (Å²) in [5.74, 6) is -4.02. The van der Waals surface area contributed by atoms with E-state index >= 15 is 0 Å². The third kappa shape index (κ3) is 3.63. The molecule has 0 spiro atoms. The van der Waals surface area contributed by atoms with Crippen molar-refractivity contribution in [3.63, 3.8) is 0 Å². The van der Waals surface area contributed by atoms with Crippen LogP contribution in [0.2, 0.25) is 0 Å². The Bertz CT molecular complexity index is 423. The number of carbonyl (C=O) groups is 4. The minimum atomic E-state index is -2.22. The third-order valence-electron chi connectivity index (χ3n) is 2.84. The van der Waals surface area contributed by atoms with Crippen molar-refractivity contribution >= 4 is 23.6 Å². The van der Waals surface area contributed by atoms with Crippen LogP contribution >= 0.6 is 0 Å². The van der Waals surface area contributed by atoms with E-state index < -0.39 is 41.1 Å². The van der Waals surface area contributed by atoms with Gasteiger partial charge in [-0.2, -0.15) is 0 Å². The first-order valence-electron chi connectivity index (χ1n) is 6.18. The van der Waals surface area contributed by atoms with Gasteiger partial charge in [0, 0.05) is 6.92 Å². The molecule has 1 unspecified atom stereocenters. The number of imide groups is 1. The van der Waals surface area contributed by atoms with Crippen molar-refractivity contribution in [1.29, 1.82) is 0 Å². The van der Waals surface area contributed by atoms with Crippen LogP contribution in [-0.4, -0.2) is 45.7 Å². The van der Waals surface area contributed by atoms with Crippen molar-refractivity contribution in [3.05, 3.63) is 0 Å². The average molecular weight is 286 g/mol. The van der Waals surface area contributed by atoms with Crippen LogP contribution in [0.15, 0.2) is 0 Å². The van der Waals surface area contributed by atoms with Gasteiger partial charge in [-0.05, 0) is 18.8 Å². The Kier molecular flexibility index (Phi) is 5.59. The fourth-order valence-electron chi connectivity index (χ4n) is 2.20. The maximum absolute atomic E-state index is 12.0. The molecule has 2 amide bonds. The lowest BCUT2D eigenvalue weighted by molar-refractivity contribution is -0.171. The lowest BCUT2D eigenvalue weighted by atomic mass is 9.76. The van der Waals surface area contributed by atoms with Gasteiger partial charge in [0.2, 0.25) is 17.4 Å². The van der Waals surface area contributed by atoms with Gasteiger partial charge in [0.1, 0.15) is 0 Å². The summed E-state index contributed by atoms with van der Waals surface area (Å²) in [5, 5.41) is 9.51. The number of aliphatic carboxylic acids is 1. The van der Waals surface area contributed by atoms with E-state index in [1.165, 1.54) is 0 Å². The molecule has 0 aliphatic carbocycles. The maximum atomic E-state index is 12.0. The quantitative estimate of drug-likeness (QED) is 0.695. The molecule has 0 aromatic heterocycles. The molecular formula is C13H22N2O5. The molecule has 0 rings (SSSR count). The Balaban J connectivity index is 6.19. The molecule has 7 heteroatoms. The average Bonchev–Trinajstić information content (AvgIpc) is 2.24. The van der Waals surface area contributed by atoms with Crippen LogP contribution in [0.25, 0.3) is 0 Å². The largest absolute Gasteiger partial charge is 0.479 e. The molecule has 3 N–H and O–H groups in total. The van der Waals surface area contributed by atoms with Crippen molar-refractivity contribution in [2.45, 2.75) is 46.6 Å². The fraction of sp³-hybridized carbons (Fsp3) is 0.692. The first-order chi connectivity index (χ1) is 8.90. The molecule has 7 nitrogen and oxygen atoms in total. The Morgan fingerprint density at radius 1 is 1.10 bits per heavy atom. The molecule has 0 aromatic rings. The molecule has 20 heavy (non-hydrogen) atoms. The lowest BCUT2D eigenvalue weighted by Gasteiger charge is -2.40. The van der Waals surface area contributed by atoms with Crippen molar-refractivity contribution in [2.75, 3.05) is 6.54 Å². The second-order valence-corrected chi connectivity index (χ2v) is 5.91. The molecule has 0 aromatic carbocycles. The van der Waals surface area contributed by atoms with Gasteiger partial charge < -0.3 is 10.8 Å². The molecule has 114 valence electrons. The minimum absolute atomic E-state index is 0.185. The number of nitrogens with zero attached hydrogens (tertiary/aromatic N) is 1. The number of carbonyl (C=O) groups excluding carboxylic acids is 3. The van der Waals surface area contributed by atoms with Crippen molar-refractivity contribution in [1.82, 2.24) is 4.90 Å². The molecule has 0 radical (unpaired) electrons. The number of carboxylic acids is 1. The van der Waals surface area contributed by atoms with Crippen molar-refractivity contribution in [2.24, 2.45) is 11.1 Å². The monoisotopic (exact) mass is 286 g/mol. The Labute approximate surface area is 118 Å². The van der Waals surface area contributed by atoms with Crippen LogP contribution in [0.5, 0.6) is 0 Å². The van der Waals surface area contributed by atoms with E-state index in [-0.39, 0.29) is 6.42 Å². The summed E-state index contributed by atoms with van der Waals surface area (Å²) in [5.41, 5.74) is 2.41. The number of carboxylic acid groups (broad SMARTS) is 1. The number of rotatable bonds is 5. The molecule has 0 aliphatic heterocycles. The van der Waals surface area contributed by atoms with Crippen LogP contribution in [0, 0.1) is 5.41 Å². The topological polar surface area (TPSA) is 118 Å². The van der Waals surface area contributed by atoms with Crippen LogP contribution < -0.4 is 5.73 Å². The molecule has 0 saturated heterocycles. The smallest absolute Gasteiger partial charge is 0.337 e. The van der Waals surface area contributed by atoms with E-state index in [0.717, 1.165) is 13.8 Å². The fourth-order valence-corrected chi connectivity index (χ4v) is 2.20. The van der Waals surface area contributed by atoms with E-state index in [0.29, 0.717) is 4.90 Å². The van der Waals surface area contributed by atoms with E-state index in [1.807, 2.05) is 0 Å². The maximum Gasteiger partial charge on any atom is 0.337 e. The summed E-state index contributed by atoms with van der Waals surface area (Å²) < 4.78 is 0. The molecular weight excluding hydrogens is 264 g/mol. The van der Waals surface area contributed by atoms with E-state index in [9.17, 15) is 24.3 Å². The highest BCUT2D eigenvalue weighted by Crippen LogP contribution is 2.33. The van der Waals surface area contributed by atoms with Crippen LogP contribution in [0.4, 0.5) is 0 Å². The predicted octanol–water partition coefficient (Wildman–Crippen LogP) is 0.169. The SMILES string of the molecule is CC(=O)N(C(=O)CN)C(CC(C)(C)C)(C(C)=O)C(=O)O. The summed E-state index contributed by atoms with van der Waals surface area (Å²) in [6.07, 6.45) is -0.185. The first-order valence-corrected chi connectivity index (χ1v) is 6.18. The van der Waals surface area contributed by atoms with Gasteiger partial charge in [-0.1, -0.05) is 20.8 Å². The molecule has 0 heterocycles. The summed E-state index contributed by atoms with van der Waals surface area (Å²) in [6, 6.07) is 0. The number of hydrogen-bond acceptors (Lipinski definition) is 5. The Morgan fingerprint density at radius 3 is 1.75 bits per heavy atom. The predicted molar refractivity (Wildman–Crippen MR) is 71.7 cm³/mol. The van der Waals surface area contributed by atoms with E-state index in [4.69, 9.17) is 5.73 Å². The van der Waals surface area contributed by atoms with Crippen LogP contribution in [0.1, 0.15) is 41.0 Å². The molecule has 0 fully saturated rings. The van der Waals surface area contributed by atoms with E-state index in [2.05, 4.69) is 0 Å². The van der Waals surface area contributed by atoms with Gasteiger partial charge in [-0.3, -0.25) is 19.3 Å². The molecule has 0 saturated carbocycles. The second kappa shape index (κ2) is 6.13. The number of amides is 2. The molecule has 0 aliphatic rings. The lowest BCUT2D eigenvalue weighted by Crippen LogP contribution is -2.65. The Hall–Kier alpha value is -1.76. The van der Waals surface area contributed by atoms with E-state index in [1.54, 1.807) is 20.8 Å². The summed E-state index contributed by atoms with van der Waals surface area (Å²) >= 11 is 0. The zero-order valence-corrected chi connectivity index (χ0v) is 12.5. The highest BCUT2D eigenvalue weighted by atomic mass is 16.4. The van der Waals surface area contributed by atoms with Gasteiger partial charge in [0.15, 0.2) is 5.78 Å². The number of nitrogens with two attached hydrogens (primary N) is 1. The number of Topliss-reactive ketones (excluding diaryl/α,β-unsaturated/α-hetero) is 1. The summed E-state index contributed by atoms with van der Waals surface area (Å²) in [6.45, 7) is 6.71. The van der Waals surface area contributed by atoms with Gasteiger partial charge >= 0.3 is 5.97 Å². The third-order valence-corrected chi connectivity index (χ3v) is 2.84. The molecule has 0 bridgehead atoms. The normalized spacial score (nSPS) is 14.3. The highest BCUT2D eigenvalue weighted by Gasteiger charge is 2.54. The highest BCUT2D eigenvalue weighted by molar-refractivity contribution is 6.14. The number of hydrogen-bond donors (Lipinski definition) is 2. The van der Waals surface area contributed by atoms with Gasteiger partial charge in [-0.15, -0.1) is 0 Å². The summed E-state index contributed by atoms with van der Waals surface area (Å²) in [7, 11) is 0.